The van der Waals surface area contributed by atoms with Crippen molar-refractivity contribution in [3.05, 3.63) is 142 Å². The molecule has 240 valence electrons. The predicted molar refractivity (Wildman–Crippen MR) is 176 cm³/mol. The van der Waals surface area contributed by atoms with Crippen LogP contribution in [0.2, 0.25) is 0 Å². The number of ketones is 5. The number of carbonyl (C=O) groups is 7. The average molecular weight is 641 g/mol. The van der Waals surface area contributed by atoms with E-state index in [4.69, 9.17) is 0 Å². The van der Waals surface area contributed by atoms with E-state index in [-0.39, 0.29) is 33.4 Å². The van der Waals surface area contributed by atoms with Crippen LogP contribution in [0.15, 0.2) is 97.1 Å². The lowest BCUT2D eigenvalue weighted by molar-refractivity contribution is -0.123. The predicted octanol–water partition coefficient (Wildman–Crippen LogP) is 4.41. The molecule has 0 radical (unpaired) electrons. The van der Waals surface area contributed by atoms with Crippen LogP contribution < -0.4 is 10.6 Å². The topological polar surface area (TPSA) is 144 Å². The summed E-state index contributed by atoms with van der Waals surface area (Å²) >= 11 is 0. The van der Waals surface area contributed by atoms with E-state index in [1.807, 2.05) is 60.7 Å². The second-order valence-electron chi connectivity index (χ2n) is 11.9. The maximum absolute atomic E-state index is 13.5. The molecule has 2 amide bonds. The summed E-state index contributed by atoms with van der Waals surface area (Å²) in [5, 5.41) is 5.36. The Hall–Kier alpha value is -5.83. The highest BCUT2D eigenvalue weighted by atomic mass is 16.2. The number of rotatable bonds is 12. The molecule has 4 aromatic rings. The van der Waals surface area contributed by atoms with E-state index in [2.05, 4.69) is 10.6 Å². The standard InChI is InChI=1S/C39H32N2O7/c42-33(25-15-17-27-29(21-25)36(45)31(34(27)43)38(47)40-19-7-13-23-9-3-1-4-10-23)26-16-18-28-30(22-26)37(46)32(35(28)44)39(48)41-20-8-14-24-11-5-2-6-12-24/h1-6,9-12,15-18,21-22,31-32H,7-8,13-14,19-20H2,(H,40,47)(H,41,48). The maximum Gasteiger partial charge on any atom is 0.238 e. The number of hydrogen-bond acceptors (Lipinski definition) is 7. The largest absolute Gasteiger partial charge is 0.355 e. The van der Waals surface area contributed by atoms with Crippen LogP contribution in [-0.2, 0) is 22.4 Å². The third-order valence-electron chi connectivity index (χ3n) is 8.77. The Bertz CT molecular complexity index is 1830. The normalized spacial score (nSPS) is 16.4. The zero-order valence-corrected chi connectivity index (χ0v) is 26.0. The van der Waals surface area contributed by atoms with Gasteiger partial charge in [0, 0.05) is 46.5 Å². The van der Waals surface area contributed by atoms with Gasteiger partial charge in [-0.05, 0) is 61.1 Å². The molecule has 0 saturated carbocycles. The first-order valence-corrected chi connectivity index (χ1v) is 15.9. The first-order chi connectivity index (χ1) is 23.2. The van der Waals surface area contributed by atoms with Crippen molar-refractivity contribution in [1.29, 1.82) is 0 Å². The van der Waals surface area contributed by atoms with Crippen molar-refractivity contribution in [2.75, 3.05) is 13.1 Å². The summed E-state index contributed by atoms with van der Waals surface area (Å²) in [6.07, 6.45) is 2.72. The molecule has 2 atom stereocenters. The Morgan fingerprint density at radius 1 is 0.479 bits per heavy atom. The van der Waals surface area contributed by atoms with Gasteiger partial charge in [0.2, 0.25) is 11.8 Å². The number of aryl methyl sites for hydroxylation is 2. The van der Waals surface area contributed by atoms with Gasteiger partial charge in [0.1, 0.15) is 0 Å². The van der Waals surface area contributed by atoms with Gasteiger partial charge in [-0.3, -0.25) is 33.6 Å². The van der Waals surface area contributed by atoms with Crippen LogP contribution in [0, 0.1) is 11.8 Å². The molecule has 4 aromatic carbocycles. The summed E-state index contributed by atoms with van der Waals surface area (Å²) in [5.41, 5.74) is 2.45. The lowest BCUT2D eigenvalue weighted by Gasteiger charge is -2.09. The SMILES string of the molecule is O=C(c1ccc2c(c1)C(=O)C(C(=O)NCCCc1ccccc1)C2=O)c1ccc2c(c1)C(=O)C(C(=O)NCCCc1ccccc1)C2=O. The van der Waals surface area contributed by atoms with Gasteiger partial charge in [-0.1, -0.05) is 72.8 Å². The Morgan fingerprint density at radius 2 is 0.854 bits per heavy atom. The molecular weight excluding hydrogens is 608 g/mol. The van der Waals surface area contributed by atoms with E-state index in [0.29, 0.717) is 25.9 Å². The second-order valence-corrected chi connectivity index (χ2v) is 11.9. The van der Waals surface area contributed by atoms with Crippen LogP contribution in [0.1, 0.15) is 81.3 Å². The third-order valence-corrected chi connectivity index (χ3v) is 8.77. The summed E-state index contributed by atoms with van der Waals surface area (Å²) in [6.45, 7) is 0.586. The van der Waals surface area contributed by atoms with Crippen LogP contribution in [-0.4, -0.2) is 53.8 Å². The molecule has 2 aliphatic rings. The monoisotopic (exact) mass is 640 g/mol. The molecule has 2 aliphatic carbocycles. The molecule has 0 fully saturated rings. The van der Waals surface area contributed by atoms with Crippen molar-refractivity contribution in [2.24, 2.45) is 11.8 Å². The van der Waals surface area contributed by atoms with Gasteiger partial charge in [0.05, 0.1) is 0 Å². The highest BCUT2D eigenvalue weighted by Crippen LogP contribution is 2.31. The average Bonchev–Trinajstić information content (AvgIpc) is 3.52. The number of fused-ring (bicyclic) bond motifs is 2. The molecule has 2 unspecified atom stereocenters. The third kappa shape index (κ3) is 6.40. The van der Waals surface area contributed by atoms with E-state index in [9.17, 15) is 33.6 Å². The quantitative estimate of drug-likeness (QED) is 0.133. The molecule has 0 bridgehead atoms. The van der Waals surface area contributed by atoms with Crippen LogP contribution >= 0.6 is 0 Å². The van der Waals surface area contributed by atoms with Gasteiger partial charge < -0.3 is 10.6 Å². The lowest BCUT2D eigenvalue weighted by Crippen LogP contribution is -2.37. The van der Waals surface area contributed by atoms with Crippen LogP contribution in [0.4, 0.5) is 0 Å². The van der Waals surface area contributed by atoms with Crippen molar-refractivity contribution in [1.82, 2.24) is 10.6 Å². The number of hydrogen-bond donors (Lipinski definition) is 2. The van der Waals surface area contributed by atoms with Crippen molar-refractivity contribution in [3.8, 4) is 0 Å². The van der Waals surface area contributed by atoms with Crippen molar-refractivity contribution in [2.45, 2.75) is 25.7 Å². The maximum atomic E-state index is 13.5. The van der Waals surface area contributed by atoms with Crippen molar-refractivity contribution >= 4 is 40.7 Å². The number of nitrogens with one attached hydrogen (secondary N) is 2. The van der Waals surface area contributed by atoms with Crippen molar-refractivity contribution < 1.29 is 33.6 Å². The molecule has 6 rings (SSSR count). The zero-order chi connectivity index (χ0) is 33.8. The molecule has 48 heavy (non-hydrogen) atoms. The van der Waals surface area contributed by atoms with Crippen LogP contribution in [0.25, 0.3) is 0 Å². The number of carbonyl (C=O) groups excluding carboxylic acids is 7. The Kier molecular flexibility index (Phi) is 9.29. The lowest BCUT2D eigenvalue weighted by atomic mass is 9.96. The van der Waals surface area contributed by atoms with Crippen LogP contribution in [0.3, 0.4) is 0 Å². The van der Waals surface area contributed by atoms with Crippen molar-refractivity contribution in [3.63, 3.8) is 0 Å². The Morgan fingerprint density at radius 3 is 1.25 bits per heavy atom. The fraction of sp³-hybridized carbons (Fsp3) is 0.205. The molecular formula is C39H32N2O7. The minimum absolute atomic E-state index is 0.0216. The minimum atomic E-state index is -1.52. The second kappa shape index (κ2) is 13.9. The molecule has 9 nitrogen and oxygen atoms in total. The van der Waals surface area contributed by atoms with E-state index in [1.165, 1.54) is 36.4 Å². The van der Waals surface area contributed by atoms with Gasteiger partial charge in [-0.25, -0.2) is 0 Å². The highest BCUT2D eigenvalue weighted by Gasteiger charge is 2.45. The van der Waals surface area contributed by atoms with Gasteiger partial charge in [-0.15, -0.1) is 0 Å². The summed E-state index contributed by atoms with van der Waals surface area (Å²) < 4.78 is 0. The molecule has 0 aliphatic heterocycles. The molecule has 2 N–H and O–H groups in total. The molecule has 0 spiro atoms. The van der Waals surface area contributed by atoms with Crippen LogP contribution in [0.5, 0.6) is 0 Å². The van der Waals surface area contributed by atoms with E-state index < -0.39 is 52.6 Å². The summed E-state index contributed by atoms with van der Waals surface area (Å²) in [4.78, 5) is 91.6. The summed E-state index contributed by atoms with van der Waals surface area (Å²) in [5.74, 6) is -7.57. The highest BCUT2D eigenvalue weighted by molar-refractivity contribution is 6.36. The first kappa shape index (κ1) is 32.1. The molecule has 0 saturated heterocycles. The van der Waals surface area contributed by atoms with Gasteiger partial charge >= 0.3 is 0 Å². The summed E-state index contributed by atoms with van der Waals surface area (Å²) in [6, 6.07) is 27.5. The van der Waals surface area contributed by atoms with E-state index in [1.54, 1.807) is 0 Å². The van der Waals surface area contributed by atoms with Gasteiger partial charge in [0.15, 0.2) is 40.8 Å². The first-order valence-electron chi connectivity index (χ1n) is 15.9. The molecule has 0 heterocycles. The fourth-order valence-corrected chi connectivity index (χ4v) is 6.21. The van der Waals surface area contributed by atoms with Gasteiger partial charge in [-0.2, -0.15) is 0 Å². The number of benzene rings is 4. The smallest absolute Gasteiger partial charge is 0.238 e. The number of Topliss-reactive ketones (excluding diaryl/α,β-unsaturated/α-hetero) is 4. The van der Waals surface area contributed by atoms with Gasteiger partial charge in [0.25, 0.3) is 0 Å². The minimum Gasteiger partial charge on any atom is -0.355 e. The van der Waals surface area contributed by atoms with E-state index >= 15 is 0 Å². The fourth-order valence-electron chi connectivity index (χ4n) is 6.21. The molecule has 0 aromatic heterocycles. The number of amides is 2. The molecule has 9 heteroatoms. The summed E-state index contributed by atoms with van der Waals surface area (Å²) in [7, 11) is 0. The zero-order valence-electron chi connectivity index (χ0n) is 26.0. The van der Waals surface area contributed by atoms with E-state index in [0.717, 1.165) is 24.0 Å². The Balaban J connectivity index is 1.09. The Labute approximate surface area is 276 Å².